The predicted molar refractivity (Wildman–Crippen MR) is 68.1 cm³/mol. The Balaban J connectivity index is 1.61. The smallest absolute Gasteiger partial charge is 0.242 e. The number of nitrogens with two attached hydrogens (primary N) is 1. The zero-order chi connectivity index (χ0) is 12.6. The molecule has 0 radical (unpaired) electrons. The van der Waals surface area contributed by atoms with E-state index in [1.54, 1.807) is 0 Å². The third-order valence-corrected chi connectivity index (χ3v) is 4.68. The molecule has 102 valence electrons. The van der Waals surface area contributed by atoms with Crippen molar-refractivity contribution in [3.63, 3.8) is 0 Å². The molecule has 3 atom stereocenters. The fraction of sp³-hybridized carbons (Fsp3) is 0.923. The van der Waals surface area contributed by atoms with Crippen molar-refractivity contribution >= 4 is 5.91 Å². The van der Waals surface area contributed by atoms with E-state index in [9.17, 15) is 4.79 Å². The molecule has 1 amide bonds. The van der Waals surface area contributed by atoms with Crippen molar-refractivity contribution < 1.29 is 9.53 Å². The second-order valence-corrected chi connectivity index (χ2v) is 5.93. The van der Waals surface area contributed by atoms with E-state index in [-0.39, 0.29) is 5.91 Å². The lowest BCUT2D eigenvalue weighted by Gasteiger charge is -2.33. The van der Waals surface area contributed by atoms with Crippen LogP contribution in [0.3, 0.4) is 0 Å². The van der Waals surface area contributed by atoms with Gasteiger partial charge in [0.25, 0.3) is 0 Å². The first-order valence-corrected chi connectivity index (χ1v) is 7.11. The van der Waals surface area contributed by atoms with Crippen LogP contribution in [0, 0.1) is 0 Å². The van der Waals surface area contributed by atoms with Crippen LogP contribution in [0.1, 0.15) is 32.1 Å². The quantitative estimate of drug-likeness (QED) is 0.718. The average molecular weight is 253 g/mol. The maximum atomic E-state index is 12.3. The molecule has 3 saturated heterocycles. The number of nitrogens with one attached hydrogen (secondary N) is 1. The van der Waals surface area contributed by atoms with E-state index in [2.05, 4.69) is 10.2 Å². The van der Waals surface area contributed by atoms with Gasteiger partial charge in [0.15, 0.2) is 0 Å². The number of ether oxygens (including phenoxy) is 1. The molecular weight excluding hydrogens is 230 g/mol. The van der Waals surface area contributed by atoms with Crippen LogP contribution in [-0.4, -0.2) is 54.7 Å². The van der Waals surface area contributed by atoms with Gasteiger partial charge in [-0.15, -0.1) is 0 Å². The lowest BCUT2D eigenvalue weighted by atomic mass is 9.95. The zero-order valence-corrected chi connectivity index (χ0v) is 10.9. The third-order valence-electron chi connectivity index (χ3n) is 4.68. The molecule has 0 saturated carbocycles. The number of rotatable bonds is 2. The minimum Gasteiger partial charge on any atom is -0.379 e. The minimum absolute atomic E-state index is 0.0163. The van der Waals surface area contributed by atoms with Gasteiger partial charge in [-0.25, -0.2) is 0 Å². The van der Waals surface area contributed by atoms with E-state index in [1.165, 1.54) is 25.8 Å². The molecule has 3 N–H and O–H groups in total. The second kappa shape index (κ2) is 4.79. The summed E-state index contributed by atoms with van der Waals surface area (Å²) in [5.41, 5.74) is 5.31. The molecule has 5 heteroatoms. The number of nitrogens with zero attached hydrogens (tertiary/aromatic N) is 1. The Hall–Kier alpha value is -0.650. The van der Waals surface area contributed by atoms with Crippen molar-refractivity contribution in [3.8, 4) is 0 Å². The molecule has 18 heavy (non-hydrogen) atoms. The molecule has 0 bridgehead atoms. The first-order chi connectivity index (χ1) is 8.69. The molecular formula is C13H23N3O2. The van der Waals surface area contributed by atoms with Crippen LogP contribution in [0.25, 0.3) is 0 Å². The van der Waals surface area contributed by atoms with E-state index >= 15 is 0 Å². The first-order valence-electron chi connectivity index (χ1n) is 7.11. The Kier molecular flexibility index (Phi) is 3.30. The van der Waals surface area contributed by atoms with Gasteiger partial charge >= 0.3 is 0 Å². The molecule has 3 fully saturated rings. The van der Waals surface area contributed by atoms with E-state index in [0.717, 1.165) is 13.0 Å². The fourth-order valence-electron chi connectivity index (χ4n) is 3.49. The van der Waals surface area contributed by atoms with Crippen LogP contribution in [0.5, 0.6) is 0 Å². The van der Waals surface area contributed by atoms with Gasteiger partial charge in [0, 0.05) is 25.2 Å². The van der Waals surface area contributed by atoms with Crippen LogP contribution in [0.4, 0.5) is 0 Å². The highest BCUT2D eigenvalue weighted by molar-refractivity contribution is 5.86. The van der Waals surface area contributed by atoms with E-state index in [4.69, 9.17) is 10.5 Å². The van der Waals surface area contributed by atoms with Crippen LogP contribution in [-0.2, 0) is 9.53 Å². The SMILES string of the molecule is NC1(C(=O)NC2CCN3CCCCC23)CCOC1. The Bertz CT molecular complexity index is 328. The van der Waals surface area contributed by atoms with Crippen molar-refractivity contribution in [2.45, 2.75) is 49.7 Å². The van der Waals surface area contributed by atoms with E-state index in [0.29, 0.717) is 31.7 Å². The Labute approximate surface area is 108 Å². The molecule has 0 aromatic heterocycles. The molecule has 5 nitrogen and oxygen atoms in total. The first kappa shape index (κ1) is 12.4. The van der Waals surface area contributed by atoms with Crippen LogP contribution in [0.15, 0.2) is 0 Å². The standard InChI is InChI=1S/C13H23N3O2/c14-13(5-8-18-9-13)12(17)15-10-4-7-16-6-2-1-3-11(10)16/h10-11H,1-9,14H2,(H,15,17). The largest absolute Gasteiger partial charge is 0.379 e. The van der Waals surface area contributed by atoms with Gasteiger partial charge < -0.3 is 15.8 Å². The van der Waals surface area contributed by atoms with E-state index in [1.807, 2.05) is 0 Å². The summed E-state index contributed by atoms with van der Waals surface area (Å²) in [5.74, 6) is -0.0163. The van der Waals surface area contributed by atoms with Gasteiger partial charge in [0.2, 0.25) is 5.91 Å². The predicted octanol–water partition coefficient (Wildman–Crippen LogP) is -0.153. The van der Waals surface area contributed by atoms with Crippen LogP contribution < -0.4 is 11.1 Å². The summed E-state index contributed by atoms with van der Waals surface area (Å²) in [6.45, 7) is 3.27. The third kappa shape index (κ3) is 2.15. The highest BCUT2D eigenvalue weighted by Crippen LogP contribution is 2.27. The van der Waals surface area contributed by atoms with Crippen molar-refractivity contribution in [2.75, 3.05) is 26.3 Å². The Morgan fingerprint density at radius 3 is 3.00 bits per heavy atom. The summed E-state index contributed by atoms with van der Waals surface area (Å²) in [5, 5.41) is 3.17. The van der Waals surface area contributed by atoms with Gasteiger partial charge in [-0.05, 0) is 32.2 Å². The summed E-state index contributed by atoms with van der Waals surface area (Å²) in [6.07, 6.45) is 5.49. The summed E-state index contributed by atoms with van der Waals surface area (Å²) in [7, 11) is 0. The van der Waals surface area contributed by atoms with Crippen molar-refractivity contribution in [3.05, 3.63) is 0 Å². The maximum absolute atomic E-state index is 12.3. The molecule has 0 aliphatic carbocycles. The van der Waals surface area contributed by atoms with Crippen molar-refractivity contribution in [1.82, 2.24) is 10.2 Å². The number of hydrogen-bond donors (Lipinski definition) is 2. The highest BCUT2D eigenvalue weighted by atomic mass is 16.5. The zero-order valence-electron chi connectivity index (χ0n) is 10.9. The summed E-state index contributed by atoms with van der Waals surface area (Å²) in [6, 6.07) is 0.826. The second-order valence-electron chi connectivity index (χ2n) is 5.93. The van der Waals surface area contributed by atoms with E-state index < -0.39 is 5.54 Å². The van der Waals surface area contributed by atoms with Gasteiger partial charge in [0.05, 0.1) is 6.61 Å². The van der Waals surface area contributed by atoms with Crippen molar-refractivity contribution in [1.29, 1.82) is 0 Å². The fourth-order valence-corrected chi connectivity index (χ4v) is 3.49. The molecule has 3 aliphatic rings. The summed E-state index contributed by atoms with van der Waals surface area (Å²) < 4.78 is 5.26. The van der Waals surface area contributed by atoms with Crippen LogP contribution in [0.2, 0.25) is 0 Å². The van der Waals surface area contributed by atoms with Crippen molar-refractivity contribution in [2.24, 2.45) is 5.73 Å². The number of hydrogen-bond acceptors (Lipinski definition) is 4. The van der Waals surface area contributed by atoms with Gasteiger partial charge in [-0.3, -0.25) is 9.69 Å². The summed E-state index contributed by atoms with van der Waals surface area (Å²) in [4.78, 5) is 14.8. The molecule has 0 spiro atoms. The van der Waals surface area contributed by atoms with Gasteiger partial charge in [-0.1, -0.05) is 6.42 Å². The normalized spacial score (nSPS) is 40.7. The lowest BCUT2D eigenvalue weighted by molar-refractivity contribution is -0.127. The minimum atomic E-state index is -0.790. The molecule has 3 unspecified atom stereocenters. The maximum Gasteiger partial charge on any atom is 0.242 e. The Morgan fingerprint density at radius 1 is 1.33 bits per heavy atom. The van der Waals surface area contributed by atoms with Gasteiger partial charge in [0.1, 0.15) is 5.54 Å². The highest BCUT2D eigenvalue weighted by Gasteiger charge is 2.42. The summed E-state index contributed by atoms with van der Waals surface area (Å²) >= 11 is 0. The topological polar surface area (TPSA) is 67.6 Å². The monoisotopic (exact) mass is 253 g/mol. The van der Waals surface area contributed by atoms with Crippen LogP contribution >= 0.6 is 0 Å². The number of carbonyl (C=O) groups is 1. The number of piperidine rings is 1. The molecule has 0 aromatic carbocycles. The number of amides is 1. The molecule has 3 rings (SSSR count). The number of fused-ring (bicyclic) bond motifs is 1. The molecule has 3 heterocycles. The Morgan fingerprint density at radius 2 is 2.22 bits per heavy atom. The number of carbonyl (C=O) groups excluding carboxylic acids is 1. The van der Waals surface area contributed by atoms with Gasteiger partial charge in [-0.2, -0.15) is 0 Å². The molecule has 3 aliphatic heterocycles. The lowest BCUT2D eigenvalue weighted by Crippen LogP contribution is -2.58. The average Bonchev–Trinajstić information content (AvgIpc) is 2.98. The molecule has 0 aromatic rings.